The molecule has 2 heterocycles. The lowest BCUT2D eigenvalue weighted by Crippen LogP contribution is -2.44. The summed E-state index contributed by atoms with van der Waals surface area (Å²) in [6.07, 6.45) is 0.314. The SMILES string of the molecule is CCOC(=O)C1=C(C)NC(C)=C(C(=O)OCC)C1C(=O)OCC(=O)N(CC)[C@H]1CCS(=O)(=O)C1. The van der Waals surface area contributed by atoms with Crippen LogP contribution in [-0.4, -0.2) is 81.0 Å². The van der Waals surface area contributed by atoms with Gasteiger partial charge in [0, 0.05) is 24.0 Å². The van der Waals surface area contributed by atoms with Crippen molar-refractivity contribution < 1.29 is 41.8 Å². The van der Waals surface area contributed by atoms with Gasteiger partial charge >= 0.3 is 17.9 Å². The van der Waals surface area contributed by atoms with Gasteiger partial charge in [0.2, 0.25) is 0 Å². The molecule has 2 aliphatic rings. The first kappa shape index (κ1) is 27.4. The zero-order chi connectivity index (χ0) is 25.6. The summed E-state index contributed by atoms with van der Waals surface area (Å²) in [5.74, 6) is -4.76. The molecule has 1 amide bonds. The minimum absolute atomic E-state index is 0.00372. The van der Waals surface area contributed by atoms with Gasteiger partial charge in [-0.25, -0.2) is 18.0 Å². The van der Waals surface area contributed by atoms with Crippen molar-refractivity contribution in [3.8, 4) is 0 Å². The Morgan fingerprint density at radius 3 is 1.88 bits per heavy atom. The largest absolute Gasteiger partial charge is 0.463 e. The highest BCUT2D eigenvalue weighted by Crippen LogP contribution is 2.32. The van der Waals surface area contributed by atoms with Crippen molar-refractivity contribution in [1.82, 2.24) is 10.2 Å². The number of rotatable bonds is 9. The van der Waals surface area contributed by atoms with Crippen LogP contribution in [0.15, 0.2) is 22.5 Å². The van der Waals surface area contributed by atoms with Crippen molar-refractivity contribution in [1.29, 1.82) is 0 Å². The van der Waals surface area contributed by atoms with Crippen molar-refractivity contribution >= 4 is 33.7 Å². The molecule has 0 saturated carbocycles. The van der Waals surface area contributed by atoms with Crippen LogP contribution in [-0.2, 0) is 43.2 Å². The fraction of sp³-hybridized carbons (Fsp3) is 0.636. The van der Waals surface area contributed by atoms with Crippen LogP contribution in [0.4, 0.5) is 0 Å². The van der Waals surface area contributed by atoms with Crippen LogP contribution in [0.5, 0.6) is 0 Å². The third-order valence-electron chi connectivity index (χ3n) is 5.63. The van der Waals surface area contributed by atoms with Crippen LogP contribution in [0.3, 0.4) is 0 Å². The number of carbonyl (C=O) groups excluding carboxylic acids is 4. The molecule has 0 aromatic carbocycles. The second-order valence-corrected chi connectivity index (χ2v) is 10.1. The maximum Gasteiger partial charge on any atom is 0.337 e. The summed E-state index contributed by atoms with van der Waals surface area (Å²) in [5.41, 5.74) is 0.400. The standard InChI is InChI=1S/C22H32N2O9S/c1-6-24(15-9-10-34(29,30)12-15)16(25)11-33-22(28)19-17(20(26)31-7-2)13(4)23-14(5)18(19)21(27)32-8-3/h15,19,23H,6-12H2,1-5H3/t15-/m0/s1. The number of allylic oxidation sites excluding steroid dienone is 2. The van der Waals surface area contributed by atoms with Crippen LogP contribution in [0.1, 0.15) is 41.0 Å². The van der Waals surface area contributed by atoms with Crippen LogP contribution in [0.25, 0.3) is 0 Å². The molecule has 0 aliphatic carbocycles. The van der Waals surface area contributed by atoms with E-state index in [0.29, 0.717) is 17.8 Å². The quantitative estimate of drug-likeness (QED) is 0.350. The second kappa shape index (κ2) is 11.5. The van der Waals surface area contributed by atoms with Crippen molar-refractivity contribution in [2.45, 2.75) is 47.1 Å². The smallest absolute Gasteiger partial charge is 0.337 e. The Bertz CT molecular complexity index is 973. The third kappa shape index (κ3) is 6.16. The molecule has 0 aromatic rings. The summed E-state index contributed by atoms with van der Waals surface area (Å²) in [4.78, 5) is 52.6. The zero-order valence-electron chi connectivity index (χ0n) is 20.1. The normalized spacial score (nSPS) is 20.0. The first-order valence-electron chi connectivity index (χ1n) is 11.2. The number of ether oxygens (including phenoxy) is 3. The van der Waals surface area contributed by atoms with E-state index in [1.807, 2.05) is 0 Å². The average molecular weight is 501 g/mol. The molecule has 2 aliphatic heterocycles. The van der Waals surface area contributed by atoms with Gasteiger partial charge in [-0.1, -0.05) is 0 Å². The molecule has 1 N–H and O–H groups in total. The zero-order valence-corrected chi connectivity index (χ0v) is 21.0. The Hall–Kier alpha value is -2.89. The highest BCUT2D eigenvalue weighted by atomic mass is 32.2. The fourth-order valence-electron chi connectivity index (χ4n) is 4.15. The van der Waals surface area contributed by atoms with Gasteiger partial charge in [0.25, 0.3) is 5.91 Å². The number of dihydropyridines is 1. The van der Waals surface area contributed by atoms with E-state index in [2.05, 4.69) is 5.32 Å². The lowest BCUT2D eigenvalue weighted by molar-refractivity contribution is -0.156. The minimum atomic E-state index is -3.21. The number of amides is 1. The van der Waals surface area contributed by atoms with Crippen LogP contribution in [0.2, 0.25) is 0 Å². The molecule has 11 nitrogen and oxygen atoms in total. The number of hydrogen-bond donors (Lipinski definition) is 1. The molecule has 34 heavy (non-hydrogen) atoms. The van der Waals surface area contributed by atoms with Gasteiger partial charge in [-0.3, -0.25) is 9.59 Å². The first-order valence-corrected chi connectivity index (χ1v) is 13.0. The molecular formula is C22H32N2O9S. The summed E-state index contributed by atoms with van der Waals surface area (Å²) in [7, 11) is -3.21. The molecule has 0 spiro atoms. The summed E-state index contributed by atoms with van der Waals surface area (Å²) in [6.45, 7) is 7.68. The van der Waals surface area contributed by atoms with Crippen molar-refractivity contribution in [2.24, 2.45) is 5.92 Å². The van der Waals surface area contributed by atoms with Gasteiger partial charge in [0.15, 0.2) is 16.4 Å². The van der Waals surface area contributed by atoms with E-state index >= 15 is 0 Å². The van der Waals surface area contributed by atoms with Crippen LogP contribution >= 0.6 is 0 Å². The Balaban J connectivity index is 2.28. The monoisotopic (exact) mass is 500 g/mol. The molecule has 0 aromatic heterocycles. The predicted octanol–water partition coefficient (Wildman–Crippen LogP) is 0.459. The maximum absolute atomic E-state index is 13.2. The molecule has 1 saturated heterocycles. The van der Waals surface area contributed by atoms with Gasteiger partial charge in [-0.2, -0.15) is 0 Å². The summed E-state index contributed by atoms with van der Waals surface area (Å²) >= 11 is 0. The maximum atomic E-state index is 13.2. The van der Waals surface area contributed by atoms with Crippen LogP contribution in [0, 0.1) is 5.92 Å². The van der Waals surface area contributed by atoms with Gasteiger partial charge in [0.05, 0.1) is 35.9 Å². The summed E-state index contributed by atoms with van der Waals surface area (Å²) in [5, 5.41) is 2.90. The highest BCUT2D eigenvalue weighted by molar-refractivity contribution is 7.91. The molecule has 0 unspecified atom stereocenters. The van der Waals surface area contributed by atoms with E-state index in [4.69, 9.17) is 14.2 Å². The molecule has 0 bridgehead atoms. The first-order chi connectivity index (χ1) is 16.0. The van der Waals surface area contributed by atoms with Crippen molar-refractivity contribution in [3.63, 3.8) is 0 Å². The van der Waals surface area contributed by atoms with Crippen molar-refractivity contribution in [3.05, 3.63) is 22.5 Å². The summed E-state index contributed by atoms with van der Waals surface area (Å²) in [6, 6.07) is -0.491. The Labute approximate surface area is 199 Å². The molecule has 2 rings (SSSR count). The van der Waals surface area contributed by atoms with E-state index < -0.39 is 52.2 Å². The molecule has 12 heteroatoms. The topological polar surface area (TPSA) is 145 Å². The van der Waals surface area contributed by atoms with Gasteiger partial charge in [-0.05, 0) is 41.0 Å². The van der Waals surface area contributed by atoms with E-state index in [0.717, 1.165) is 0 Å². The van der Waals surface area contributed by atoms with Gasteiger partial charge < -0.3 is 24.4 Å². The number of esters is 3. The number of nitrogens with zero attached hydrogens (tertiary/aromatic N) is 1. The lowest BCUT2D eigenvalue weighted by atomic mass is 9.85. The Morgan fingerprint density at radius 1 is 0.941 bits per heavy atom. The minimum Gasteiger partial charge on any atom is -0.463 e. The second-order valence-electron chi connectivity index (χ2n) is 7.92. The number of likely N-dealkylation sites (N-methyl/N-ethyl adjacent to an activating group) is 1. The molecule has 1 fully saturated rings. The Kier molecular flexibility index (Phi) is 9.25. The molecular weight excluding hydrogens is 468 g/mol. The summed E-state index contributed by atoms with van der Waals surface area (Å²) < 4.78 is 39.0. The molecule has 1 atom stereocenters. The van der Waals surface area contributed by atoms with E-state index in [1.165, 1.54) is 4.90 Å². The van der Waals surface area contributed by atoms with E-state index in [-0.39, 0.29) is 42.4 Å². The van der Waals surface area contributed by atoms with E-state index in [9.17, 15) is 27.6 Å². The Morgan fingerprint density at radius 2 is 1.47 bits per heavy atom. The number of carbonyl (C=O) groups is 4. The molecule has 0 radical (unpaired) electrons. The van der Waals surface area contributed by atoms with Gasteiger partial charge in [-0.15, -0.1) is 0 Å². The molecule has 190 valence electrons. The van der Waals surface area contributed by atoms with Crippen molar-refractivity contribution in [2.75, 3.05) is 37.9 Å². The third-order valence-corrected chi connectivity index (χ3v) is 7.39. The number of nitrogens with one attached hydrogen (secondary N) is 1. The average Bonchev–Trinajstić information content (AvgIpc) is 3.11. The van der Waals surface area contributed by atoms with E-state index in [1.54, 1.807) is 34.6 Å². The number of hydrogen-bond acceptors (Lipinski definition) is 10. The predicted molar refractivity (Wildman–Crippen MR) is 121 cm³/mol. The van der Waals surface area contributed by atoms with Gasteiger partial charge in [0.1, 0.15) is 5.92 Å². The fourth-order valence-corrected chi connectivity index (χ4v) is 5.88. The van der Waals surface area contributed by atoms with Crippen LogP contribution < -0.4 is 5.32 Å². The highest BCUT2D eigenvalue weighted by Gasteiger charge is 2.43. The lowest BCUT2D eigenvalue weighted by Gasteiger charge is -2.29. The number of sulfone groups is 1.